The van der Waals surface area contributed by atoms with Crippen LogP contribution in [0.25, 0.3) is 16.6 Å². The topological polar surface area (TPSA) is 67.2 Å². The molecule has 7 heteroatoms. The summed E-state index contributed by atoms with van der Waals surface area (Å²) in [5.74, 6) is 0.448. The number of anilines is 1. The lowest BCUT2D eigenvalue weighted by molar-refractivity contribution is -0.117. The third kappa shape index (κ3) is 3.13. The van der Waals surface area contributed by atoms with Crippen molar-refractivity contribution in [3.63, 3.8) is 0 Å². The molecule has 2 aromatic carbocycles. The van der Waals surface area contributed by atoms with E-state index in [9.17, 15) is 9.59 Å². The van der Waals surface area contributed by atoms with Crippen LogP contribution in [0, 0.1) is 0 Å². The first-order valence-corrected chi connectivity index (χ1v) is 10.7. The van der Waals surface area contributed by atoms with Gasteiger partial charge >= 0.3 is 0 Å². The summed E-state index contributed by atoms with van der Waals surface area (Å²) in [6.45, 7) is 0.750. The lowest BCUT2D eigenvalue weighted by Gasteiger charge is -2.20. The Hall–Kier alpha value is -2.67. The maximum absolute atomic E-state index is 12.8. The van der Waals surface area contributed by atoms with E-state index < -0.39 is 0 Å². The van der Waals surface area contributed by atoms with Gasteiger partial charge in [-0.05, 0) is 67.1 Å². The Morgan fingerprint density at radius 3 is 2.59 bits per heavy atom. The lowest BCUT2D eigenvalue weighted by Crippen LogP contribution is -2.25. The molecule has 5 rings (SSSR count). The van der Waals surface area contributed by atoms with Gasteiger partial charge in [-0.25, -0.2) is 4.68 Å². The Kier molecular flexibility index (Phi) is 4.42. The fourth-order valence-corrected chi connectivity index (χ4v) is 4.37. The Bertz CT molecular complexity index is 1130. The molecule has 2 amide bonds. The van der Waals surface area contributed by atoms with Gasteiger partial charge < -0.3 is 10.2 Å². The molecule has 1 aromatic heterocycles. The maximum atomic E-state index is 12.8. The number of nitrogens with one attached hydrogen (secondary N) is 1. The lowest BCUT2D eigenvalue weighted by atomic mass is 10.0. The van der Waals surface area contributed by atoms with Crippen LogP contribution >= 0.6 is 15.9 Å². The van der Waals surface area contributed by atoms with Gasteiger partial charge in [0.05, 0.1) is 11.2 Å². The van der Waals surface area contributed by atoms with Gasteiger partial charge in [0.1, 0.15) is 5.69 Å². The average Bonchev–Trinajstić information content (AvgIpc) is 3.38. The standard InChI is InChI=1S/C22H21BrN4O2/c1-24-22(29)21-17-11-16(13-4-5-13)19(26-10-2-3-20(26)28)12-18(17)25-27(21)15-8-6-14(23)7-9-15/h6-9,11-13H,2-5,10H2,1H3,(H,24,29). The Morgan fingerprint density at radius 1 is 1.21 bits per heavy atom. The van der Waals surface area contributed by atoms with E-state index in [-0.39, 0.29) is 11.8 Å². The van der Waals surface area contributed by atoms with Crippen molar-refractivity contribution < 1.29 is 9.59 Å². The van der Waals surface area contributed by atoms with E-state index in [4.69, 9.17) is 5.10 Å². The normalized spacial score (nSPS) is 16.6. The van der Waals surface area contributed by atoms with Gasteiger partial charge in [-0.3, -0.25) is 9.59 Å². The number of halogens is 1. The number of rotatable bonds is 4. The summed E-state index contributed by atoms with van der Waals surface area (Å²) < 4.78 is 2.66. The fraction of sp³-hybridized carbons (Fsp3) is 0.318. The van der Waals surface area contributed by atoms with Gasteiger partial charge in [0.25, 0.3) is 5.91 Å². The van der Waals surface area contributed by atoms with Gasteiger partial charge in [0.2, 0.25) is 5.91 Å². The summed E-state index contributed by atoms with van der Waals surface area (Å²) >= 11 is 3.45. The fourth-order valence-electron chi connectivity index (χ4n) is 4.10. The summed E-state index contributed by atoms with van der Waals surface area (Å²) in [5.41, 5.74) is 4.19. The zero-order valence-electron chi connectivity index (χ0n) is 16.1. The molecule has 6 nitrogen and oxygen atoms in total. The number of aromatic nitrogens is 2. The third-order valence-corrected chi connectivity index (χ3v) is 6.24. The maximum Gasteiger partial charge on any atom is 0.270 e. The molecule has 1 aliphatic heterocycles. The molecule has 0 unspecified atom stereocenters. The molecule has 1 saturated carbocycles. The van der Waals surface area contributed by atoms with E-state index in [2.05, 4.69) is 27.3 Å². The zero-order valence-corrected chi connectivity index (χ0v) is 17.7. The number of amides is 2. The summed E-state index contributed by atoms with van der Waals surface area (Å²) in [6, 6.07) is 11.8. The predicted molar refractivity (Wildman–Crippen MR) is 116 cm³/mol. The molecule has 0 radical (unpaired) electrons. The van der Waals surface area contributed by atoms with Crippen LogP contribution in [0.2, 0.25) is 0 Å². The molecule has 0 atom stereocenters. The number of nitrogens with zero attached hydrogens (tertiary/aromatic N) is 3. The van der Waals surface area contributed by atoms with E-state index in [0.29, 0.717) is 18.0 Å². The van der Waals surface area contributed by atoms with E-state index in [0.717, 1.165) is 58.1 Å². The predicted octanol–water partition coefficient (Wildman–Crippen LogP) is 4.15. The third-order valence-electron chi connectivity index (χ3n) is 5.71. The zero-order chi connectivity index (χ0) is 20.1. The first kappa shape index (κ1) is 18.4. The van der Waals surface area contributed by atoms with Crippen molar-refractivity contribution >= 4 is 44.3 Å². The van der Waals surface area contributed by atoms with Crippen molar-refractivity contribution in [2.75, 3.05) is 18.5 Å². The second kappa shape index (κ2) is 6.99. The first-order valence-electron chi connectivity index (χ1n) is 9.92. The molecule has 148 valence electrons. The van der Waals surface area contributed by atoms with Crippen LogP contribution in [-0.2, 0) is 4.79 Å². The van der Waals surface area contributed by atoms with Crippen LogP contribution in [0.3, 0.4) is 0 Å². The highest BCUT2D eigenvalue weighted by molar-refractivity contribution is 9.10. The molecule has 3 aromatic rings. The van der Waals surface area contributed by atoms with E-state index in [1.54, 1.807) is 11.7 Å². The van der Waals surface area contributed by atoms with Gasteiger partial charge in [0, 0.05) is 35.6 Å². The smallest absolute Gasteiger partial charge is 0.270 e. The number of hydrogen-bond acceptors (Lipinski definition) is 3. The number of hydrogen-bond donors (Lipinski definition) is 1. The van der Waals surface area contributed by atoms with Gasteiger partial charge in [-0.1, -0.05) is 15.9 Å². The average molecular weight is 453 g/mol. The van der Waals surface area contributed by atoms with Gasteiger partial charge in [-0.15, -0.1) is 0 Å². The van der Waals surface area contributed by atoms with Crippen LogP contribution < -0.4 is 10.2 Å². The second-order valence-electron chi connectivity index (χ2n) is 7.67. The Morgan fingerprint density at radius 2 is 1.97 bits per heavy atom. The highest BCUT2D eigenvalue weighted by Crippen LogP contribution is 2.46. The van der Waals surface area contributed by atoms with E-state index in [1.165, 1.54) is 0 Å². The summed E-state index contributed by atoms with van der Waals surface area (Å²) in [6.07, 6.45) is 3.73. The van der Waals surface area contributed by atoms with Crippen LogP contribution in [0.4, 0.5) is 5.69 Å². The van der Waals surface area contributed by atoms with Crippen LogP contribution in [0.1, 0.15) is 47.7 Å². The summed E-state index contributed by atoms with van der Waals surface area (Å²) in [4.78, 5) is 27.1. The van der Waals surface area contributed by atoms with E-state index in [1.807, 2.05) is 35.2 Å². The van der Waals surface area contributed by atoms with E-state index >= 15 is 0 Å². The highest BCUT2D eigenvalue weighted by atomic mass is 79.9. The van der Waals surface area contributed by atoms with Crippen molar-refractivity contribution in [1.29, 1.82) is 0 Å². The number of fused-ring (bicyclic) bond motifs is 1. The van der Waals surface area contributed by atoms with Gasteiger partial charge in [-0.2, -0.15) is 5.10 Å². The molecule has 2 aliphatic rings. The molecule has 0 spiro atoms. The molecule has 2 heterocycles. The number of carbonyl (C=O) groups excluding carboxylic acids is 2. The molecule has 29 heavy (non-hydrogen) atoms. The Labute approximate surface area is 177 Å². The second-order valence-corrected chi connectivity index (χ2v) is 8.58. The monoisotopic (exact) mass is 452 g/mol. The number of carbonyl (C=O) groups is 2. The molecule has 1 N–H and O–H groups in total. The molecule has 1 saturated heterocycles. The largest absolute Gasteiger partial charge is 0.354 e. The minimum atomic E-state index is -0.179. The van der Waals surface area contributed by atoms with Crippen LogP contribution in [0.15, 0.2) is 40.9 Å². The highest BCUT2D eigenvalue weighted by Gasteiger charge is 2.33. The minimum Gasteiger partial charge on any atom is -0.354 e. The van der Waals surface area contributed by atoms with Crippen molar-refractivity contribution in [2.45, 2.75) is 31.6 Å². The van der Waals surface area contributed by atoms with Gasteiger partial charge in [0.15, 0.2) is 0 Å². The molecular formula is C22H21BrN4O2. The SMILES string of the molecule is CNC(=O)c1c2cc(C3CC3)c(N3CCCC3=O)cc2nn1-c1ccc(Br)cc1. The first-order chi connectivity index (χ1) is 14.1. The quantitative estimate of drug-likeness (QED) is 0.646. The van der Waals surface area contributed by atoms with Crippen molar-refractivity contribution in [2.24, 2.45) is 0 Å². The van der Waals surface area contributed by atoms with Crippen molar-refractivity contribution in [1.82, 2.24) is 15.1 Å². The molecule has 1 aliphatic carbocycles. The van der Waals surface area contributed by atoms with Crippen molar-refractivity contribution in [3.05, 3.63) is 52.1 Å². The van der Waals surface area contributed by atoms with Crippen molar-refractivity contribution in [3.8, 4) is 5.69 Å². The van der Waals surface area contributed by atoms with Crippen LogP contribution in [0.5, 0.6) is 0 Å². The molecule has 2 fully saturated rings. The summed E-state index contributed by atoms with van der Waals surface area (Å²) in [7, 11) is 1.63. The number of benzene rings is 2. The minimum absolute atomic E-state index is 0.171. The Balaban J connectivity index is 1.75. The van der Waals surface area contributed by atoms with Crippen LogP contribution in [-0.4, -0.2) is 35.2 Å². The molecule has 0 bridgehead atoms. The summed E-state index contributed by atoms with van der Waals surface area (Å²) in [5, 5.41) is 8.33. The molecular weight excluding hydrogens is 432 g/mol.